The molecule has 0 spiro atoms. The molecular formula is C11H26N2. The quantitative estimate of drug-likeness (QED) is 0.644. The molecule has 80 valence electrons. The molecule has 0 bridgehead atoms. The smallest absolute Gasteiger partial charge is 0.0000121 e. The van der Waals surface area contributed by atoms with Crippen LogP contribution in [0.2, 0.25) is 0 Å². The molecule has 13 heavy (non-hydrogen) atoms. The van der Waals surface area contributed by atoms with Gasteiger partial charge >= 0.3 is 0 Å². The predicted octanol–water partition coefficient (Wildman–Crippen LogP) is 2.00. The maximum absolute atomic E-state index is 5.65. The Balaban J connectivity index is 3.47. The summed E-state index contributed by atoms with van der Waals surface area (Å²) in [6.45, 7) is 14.1. The molecule has 0 amide bonds. The summed E-state index contributed by atoms with van der Waals surface area (Å²) in [6, 6.07) is 0. The minimum Gasteiger partial charge on any atom is -0.330 e. The molecule has 0 atom stereocenters. The molecule has 0 aliphatic rings. The van der Waals surface area contributed by atoms with Crippen LogP contribution in [0.4, 0.5) is 0 Å². The number of rotatable bonds is 5. The third kappa shape index (κ3) is 8.26. The standard InChI is InChI=1S/C11H26N2/c1-10(2,3)9-13-7-6-11(4,5)8-12/h13H,6-9,12H2,1-5H3. The van der Waals surface area contributed by atoms with Crippen LogP contribution in [0.3, 0.4) is 0 Å². The first-order chi connectivity index (χ1) is 5.77. The van der Waals surface area contributed by atoms with Crippen LogP contribution in [0.1, 0.15) is 41.0 Å². The SMILES string of the molecule is CC(C)(C)CNCCC(C)(C)CN. The topological polar surface area (TPSA) is 38.0 Å². The van der Waals surface area contributed by atoms with Crippen molar-refractivity contribution in [3.05, 3.63) is 0 Å². The highest BCUT2D eigenvalue weighted by molar-refractivity contribution is 4.72. The second kappa shape index (κ2) is 4.97. The summed E-state index contributed by atoms with van der Waals surface area (Å²) < 4.78 is 0. The Bertz CT molecular complexity index is 134. The van der Waals surface area contributed by atoms with E-state index < -0.39 is 0 Å². The van der Waals surface area contributed by atoms with E-state index in [0.717, 1.165) is 26.1 Å². The number of hydrogen-bond acceptors (Lipinski definition) is 2. The molecule has 2 heteroatoms. The van der Waals surface area contributed by atoms with Crippen LogP contribution < -0.4 is 11.1 Å². The van der Waals surface area contributed by atoms with Crippen molar-refractivity contribution in [1.82, 2.24) is 5.32 Å². The van der Waals surface area contributed by atoms with Crippen molar-refractivity contribution in [2.45, 2.75) is 41.0 Å². The van der Waals surface area contributed by atoms with Crippen LogP contribution >= 0.6 is 0 Å². The van der Waals surface area contributed by atoms with E-state index in [1.165, 1.54) is 0 Å². The molecular weight excluding hydrogens is 160 g/mol. The number of nitrogens with one attached hydrogen (secondary N) is 1. The second-order valence-electron chi connectivity index (χ2n) is 5.86. The van der Waals surface area contributed by atoms with E-state index in [1.807, 2.05) is 0 Å². The Morgan fingerprint density at radius 1 is 1.08 bits per heavy atom. The van der Waals surface area contributed by atoms with Crippen molar-refractivity contribution in [3.8, 4) is 0 Å². The largest absolute Gasteiger partial charge is 0.330 e. The normalized spacial score (nSPS) is 13.4. The fourth-order valence-corrected chi connectivity index (χ4v) is 0.992. The highest BCUT2D eigenvalue weighted by Gasteiger charge is 2.15. The third-order valence-corrected chi connectivity index (χ3v) is 2.19. The van der Waals surface area contributed by atoms with Crippen molar-refractivity contribution < 1.29 is 0 Å². The molecule has 0 saturated heterocycles. The molecule has 0 unspecified atom stereocenters. The van der Waals surface area contributed by atoms with Crippen LogP contribution in [-0.4, -0.2) is 19.6 Å². The Labute approximate surface area is 83.3 Å². The summed E-state index contributed by atoms with van der Waals surface area (Å²) in [5, 5.41) is 3.46. The van der Waals surface area contributed by atoms with E-state index >= 15 is 0 Å². The van der Waals surface area contributed by atoms with Gasteiger partial charge in [0.15, 0.2) is 0 Å². The molecule has 0 aromatic carbocycles. The van der Waals surface area contributed by atoms with Gasteiger partial charge in [0.2, 0.25) is 0 Å². The first-order valence-electron chi connectivity index (χ1n) is 5.18. The third-order valence-electron chi connectivity index (χ3n) is 2.19. The fraction of sp³-hybridized carbons (Fsp3) is 1.00. The van der Waals surface area contributed by atoms with Crippen LogP contribution in [0.5, 0.6) is 0 Å². The Morgan fingerprint density at radius 3 is 2.00 bits per heavy atom. The molecule has 0 radical (unpaired) electrons. The maximum atomic E-state index is 5.65. The summed E-state index contributed by atoms with van der Waals surface area (Å²) >= 11 is 0. The van der Waals surface area contributed by atoms with E-state index in [4.69, 9.17) is 5.73 Å². The minimum atomic E-state index is 0.283. The Morgan fingerprint density at radius 2 is 1.62 bits per heavy atom. The predicted molar refractivity (Wildman–Crippen MR) is 59.8 cm³/mol. The molecule has 0 aromatic heterocycles. The Hall–Kier alpha value is -0.0800. The van der Waals surface area contributed by atoms with Crippen LogP contribution in [-0.2, 0) is 0 Å². The van der Waals surface area contributed by atoms with Gasteiger partial charge in [-0.25, -0.2) is 0 Å². The zero-order valence-corrected chi connectivity index (χ0v) is 9.91. The molecule has 0 aromatic rings. The highest BCUT2D eigenvalue weighted by Crippen LogP contribution is 2.17. The van der Waals surface area contributed by atoms with Gasteiger partial charge in [-0.3, -0.25) is 0 Å². The van der Waals surface area contributed by atoms with E-state index in [1.54, 1.807) is 0 Å². The minimum absolute atomic E-state index is 0.283. The summed E-state index contributed by atoms with van der Waals surface area (Å²) in [7, 11) is 0. The van der Waals surface area contributed by atoms with Crippen LogP contribution in [0, 0.1) is 10.8 Å². The van der Waals surface area contributed by atoms with Crippen molar-refractivity contribution in [1.29, 1.82) is 0 Å². The van der Waals surface area contributed by atoms with E-state index in [0.29, 0.717) is 5.41 Å². The first-order valence-corrected chi connectivity index (χ1v) is 5.18. The van der Waals surface area contributed by atoms with Crippen molar-refractivity contribution in [2.75, 3.05) is 19.6 Å². The van der Waals surface area contributed by atoms with Gasteiger partial charge in [0.05, 0.1) is 0 Å². The van der Waals surface area contributed by atoms with Crippen molar-refractivity contribution in [2.24, 2.45) is 16.6 Å². The van der Waals surface area contributed by atoms with Crippen LogP contribution in [0.25, 0.3) is 0 Å². The molecule has 0 aliphatic carbocycles. The average molecular weight is 186 g/mol. The average Bonchev–Trinajstić information content (AvgIpc) is 1.97. The van der Waals surface area contributed by atoms with Gasteiger partial charge in [-0.15, -0.1) is 0 Å². The van der Waals surface area contributed by atoms with Gasteiger partial charge in [-0.2, -0.15) is 0 Å². The second-order valence-corrected chi connectivity index (χ2v) is 5.86. The lowest BCUT2D eigenvalue weighted by molar-refractivity contribution is 0.317. The lowest BCUT2D eigenvalue weighted by Gasteiger charge is -2.24. The molecule has 3 N–H and O–H groups in total. The molecule has 0 rings (SSSR count). The maximum Gasteiger partial charge on any atom is -0.0000121 e. The first kappa shape index (κ1) is 12.9. The van der Waals surface area contributed by atoms with E-state index in [9.17, 15) is 0 Å². The molecule has 2 nitrogen and oxygen atoms in total. The van der Waals surface area contributed by atoms with E-state index in [-0.39, 0.29) is 5.41 Å². The fourth-order valence-electron chi connectivity index (χ4n) is 0.992. The number of hydrogen-bond donors (Lipinski definition) is 2. The summed E-state index contributed by atoms with van der Waals surface area (Å²) in [5.41, 5.74) is 6.31. The molecule has 0 heterocycles. The van der Waals surface area contributed by atoms with Crippen molar-refractivity contribution >= 4 is 0 Å². The molecule has 0 saturated carbocycles. The zero-order valence-electron chi connectivity index (χ0n) is 9.91. The molecule has 0 aliphatic heterocycles. The monoisotopic (exact) mass is 186 g/mol. The Kier molecular flexibility index (Phi) is 4.93. The van der Waals surface area contributed by atoms with Crippen molar-refractivity contribution in [3.63, 3.8) is 0 Å². The summed E-state index contributed by atoms with van der Waals surface area (Å²) in [6.07, 6.45) is 1.15. The van der Waals surface area contributed by atoms with Crippen LogP contribution in [0.15, 0.2) is 0 Å². The summed E-state index contributed by atoms with van der Waals surface area (Å²) in [4.78, 5) is 0. The summed E-state index contributed by atoms with van der Waals surface area (Å²) in [5.74, 6) is 0. The number of nitrogens with two attached hydrogens (primary N) is 1. The van der Waals surface area contributed by atoms with Gasteiger partial charge in [-0.05, 0) is 36.9 Å². The van der Waals surface area contributed by atoms with Gasteiger partial charge in [0.25, 0.3) is 0 Å². The highest BCUT2D eigenvalue weighted by atomic mass is 14.9. The van der Waals surface area contributed by atoms with Gasteiger partial charge in [0.1, 0.15) is 0 Å². The zero-order chi connectivity index (χ0) is 10.5. The van der Waals surface area contributed by atoms with Gasteiger partial charge in [-0.1, -0.05) is 34.6 Å². The lowest BCUT2D eigenvalue weighted by atomic mass is 9.89. The van der Waals surface area contributed by atoms with Gasteiger partial charge in [0, 0.05) is 0 Å². The lowest BCUT2D eigenvalue weighted by Crippen LogP contribution is -2.32. The van der Waals surface area contributed by atoms with E-state index in [2.05, 4.69) is 39.9 Å². The van der Waals surface area contributed by atoms with Gasteiger partial charge < -0.3 is 11.1 Å². The molecule has 0 fully saturated rings.